The second kappa shape index (κ2) is 15.5. The van der Waals surface area contributed by atoms with Crippen LogP contribution in [0.15, 0.2) is 170 Å². The van der Waals surface area contributed by atoms with Crippen molar-refractivity contribution < 1.29 is 9.85 Å². The molecule has 7 aromatic carbocycles. The lowest BCUT2D eigenvalue weighted by Crippen LogP contribution is -2.17. The summed E-state index contributed by atoms with van der Waals surface area (Å²) < 4.78 is 0. The highest BCUT2D eigenvalue weighted by Gasteiger charge is 2.39. The molecular weight excluding hydrogens is 727 g/mol. The van der Waals surface area contributed by atoms with E-state index in [-0.39, 0.29) is 27.6 Å². The summed E-state index contributed by atoms with van der Waals surface area (Å²) in [6, 6.07) is 53.8. The summed E-state index contributed by atoms with van der Waals surface area (Å²) in [4.78, 5) is 30.7. The van der Waals surface area contributed by atoms with Crippen LogP contribution in [0, 0.1) is 25.6 Å². The summed E-state index contributed by atoms with van der Waals surface area (Å²) in [6.07, 6.45) is 0. The number of fused-ring (bicyclic) bond motifs is 1. The Morgan fingerprint density at radius 3 is 1.00 bits per heavy atom. The lowest BCUT2D eigenvalue weighted by Gasteiger charge is -2.25. The molecule has 0 amide bonds. The first-order valence-corrected chi connectivity index (χ1v) is 18.8. The smallest absolute Gasteiger partial charge is 0.311 e. The van der Waals surface area contributed by atoms with Crippen LogP contribution in [-0.2, 0) is 6.54 Å². The van der Waals surface area contributed by atoms with E-state index in [1.54, 1.807) is 24.3 Å². The van der Waals surface area contributed by atoms with E-state index in [1.165, 1.54) is 4.80 Å². The minimum Gasteiger partial charge on any atom is -0.311 e. The van der Waals surface area contributed by atoms with Crippen LogP contribution in [0.5, 0.6) is 0 Å². The Labute approximate surface area is 335 Å². The molecule has 286 valence electrons. The number of aromatic nitrogens is 3. The Bertz CT molecular complexity index is 2460. The van der Waals surface area contributed by atoms with Gasteiger partial charge < -0.3 is 9.80 Å². The van der Waals surface area contributed by atoms with Gasteiger partial charge in [0, 0.05) is 34.1 Å². The molecule has 11 heteroatoms. The average Bonchev–Trinajstić information content (AvgIpc) is 3.64. The molecular formula is C47H39N7O4. The van der Waals surface area contributed by atoms with Gasteiger partial charge in [-0.25, -0.2) is 0 Å². The molecule has 0 aliphatic rings. The van der Waals surface area contributed by atoms with Gasteiger partial charge in [0.2, 0.25) is 0 Å². The van der Waals surface area contributed by atoms with Crippen LogP contribution in [-0.4, -0.2) is 24.8 Å². The second-order valence-corrected chi connectivity index (χ2v) is 15.1. The summed E-state index contributed by atoms with van der Waals surface area (Å²) >= 11 is 0. The van der Waals surface area contributed by atoms with Crippen LogP contribution < -0.4 is 9.80 Å². The van der Waals surface area contributed by atoms with Gasteiger partial charge in [0.05, 0.1) is 27.5 Å². The molecule has 8 aromatic rings. The van der Waals surface area contributed by atoms with E-state index >= 15 is 0 Å². The highest BCUT2D eigenvalue weighted by Crippen LogP contribution is 2.50. The van der Waals surface area contributed by atoms with E-state index in [0.717, 1.165) is 34.1 Å². The number of nitro groups is 2. The predicted octanol–water partition coefficient (Wildman–Crippen LogP) is 12.6. The van der Waals surface area contributed by atoms with Crippen molar-refractivity contribution >= 4 is 56.5 Å². The Kier molecular flexibility index (Phi) is 9.94. The molecule has 0 bridgehead atoms. The zero-order chi connectivity index (χ0) is 40.4. The Morgan fingerprint density at radius 2 is 0.741 bits per heavy atom. The molecule has 1 heterocycles. The van der Waals surface area contributed by atoms with E-state index in [9.17, 15) is 20.2 Å². The lowest BCUT2D eigenvalue weighted by molar-refractivity contribution is -0.421. The molecule has 11 nitrogen and oxygen atoms in total. The van der Waals surface area contributed by atoms with Crippen molar-refractivity contribution in [1.29, 1.82) is 0 Å². The fourth-order valence-electron chi connectivity index (χ4n) is 7.30. The standard InChI is InChI=1S/C47H39N7O4/c1-47(2,3)32-50-48-43-41(33-24-28-39(29-25-33)51(35-16-8-4-9-17-35)36-18-10-5-11-19-36)45(53(55)56)46(54(57)58)42(44(43)49-50)34-26-30-40(31-27-34)52(37-20-12-6-13-21-37)38-22-14-7-15-23-38/h4-31H,32H2,1-3H3. The minimum atomic E-state index is -0.672. The van der Waals surface area contributed by atoms with E-state index in [2.05, 4.69) is 9.80 Å². The first-order valence-electron chi connectivity index (χ1n) is 18.8. The van der Waals surface area contributed by atoms with Gasteiger partial charge in [-0.1, -0.05) is 118 Å². The number of para-hydroxylation sites is 4. The lowest BCUT2D eigenvalue weighted by atomic mass is 9.93. The third-order valence-electron chi connectivity index (χ3n) is 9.69. The van der Waals surface area contributed by atoms with Gasteiger partial charge in [0.25, 0.3) is 0 Å². The number of benzene rings is 7. The SMILES string of the molecule is CC(C)(C)Cn1nc2c(-c3ccc(N(c4ccccc4)c4ccccc4)cc3)c([N+](=O)[O-])c([N+](=O)[O-])c(-c3ccc(N(c4ccccc4)c4ccccc4)cc3)c2n1. The maximum Gasteiger partial charge on any atom is 0.356 e. The number of hydrogen-bond acceptors (Lipinski definition) is 8. The van der Waals surface area contributed by atoms with E-state index in [1.807, 2.05) is 166 Å². The quantitative estimate of drug-likeness (QED) is 0.0941. The number of anilines is 6. The van der Waals surface area contributed by atoms with Gasteiger partial charge in [-0.05, 0) is 89.3 Å². The normalized spacial score (nSPS) is 11.4. The van der Waals surface area contributed by atoms with Crippen molar-refractivity contribution in [1.82, 2.24) is 15.0 Å². The zero-order valence-electron chi connectivity index (χ0n) is 32.1. The van der Waals surface area contributed by atoms with Crippen molar-refractivity contribution in [2.75, 3.05) is 9.80 Å². The number of nitrogens with zero attached hydrogens (tertiary/aromatic N) is 7. The largest absolute Gasteiger partial charge is 0.356 e. The molecule has 0 fully saturated rings. The highest BCUT2D eigenvalue weighted by molar-refractivity contribution is 6.10. The van der Waals surface area contributed by atoms with Crippen LogP contribution in [0.25, 0.3) is 33.3 Å². The monoisotopic (exact) mass is 765 g/mol. The molecule has 0 aliphatic carbocycles. The van der Waals surface area contributed by atoms with Gasteiger partial charge in [0.15, 0.2) is 0 Å². The Balaban J connectivity index is 1.32. The van der Waals surface area contributed by atoms with Crippen LogP contribution in [0.1, 0.15) is 20.8 Å². The van der Waals surface area contributed by atoms with E-state index in [0.29, 0.717) is 17.7 Å². The molecule has 0 atom stereocenters. The van der Waals surface area contributed by atoms with Crippen molar-refractivity contribution in [3.63, 3.8) is 0 Å². The van der Waals surface area contributed by atoms with Crippen molar-refractivity contribution in [3.8, 4) is 22.3 Å². The summed E-state index contributed by atoms with van der Waals surface area (Å²) in [5.41, 5.74) is 4.96. The van der Waals surface area contributed by atoms with Crippen molar-refractivity contribution in [3.05, 3.63) is 190 Å². The maximum atomic E-state index is 13.2. The summed E-state index contributed by atoms with van der Waals surface area (Å²) in [6.45, 7) is 6.46. The van der Waals surface area contributed by atoms with Gasteiger partial charge in [0.1, 0.15) is 11.0 Å². The zero-order valence-corrected chi connectivity index (χ0v) is 32.1. The Morgan fingerprint density at radius 1 is 0.466 bits per heavy atom. The molecule has 0 saturated heterocycles. The van der Waals surface area contributed by atoms with Crippen LogP contribution >= 0.6 is 0 Å². The molecule has 0 aliphatic heterocycles. The molecule has 0 N–H and O–H groups in total. The molecule has 0 saturated carbocycles. The average molecular weight is 766 g/mol. The summed E-state index contributed by atoms with van der Waals surface area (Å²) in [5, 5.41) is 36.1. The van der Waals surface area contributed by atoms with Crippen LogP contribution in [0.2, 0.25) is 0 Å². The summed E-state index contributed by atoms with van der Waals surface area (Å²) in [5.74, 6) is 0. The molecule has 0 radical (unpaired) electrons. The highest BCUT2D eigenvalue weighted by atomic mass is 16.6. The van der Waals surface area contributed by atoms with Gasteiger partial charge in [-0.2, -0.15) is 15.0 Å². The van der Waals surface area contributed by atoms with Gasteiger partial charge in [-0.15, -0.1) is 0 Å². The fourth-order valence-corrected chi connectivity index (χ4v) is 7.30. The third kappa shape index (κ3) is 7.36. The third-order valence-corrected chi connectivity index (χ3v) is 9.69. The van der Waals surface area contributed by atoms with E-state index in [4.69, 9.17) is 10.2 Å². The van der Waals surface area contributed by atoms with Crippen LogP contribution in [0.3, 0.4) is 0 Å². The maximum absolute atomic E-state index is 13.2. The second-order valence-electron chi connectivity index (χ2n) is 15.1. The molecule has 0 spiro atoms. The first-order chi connectivity index (χ1) is 28.1. The van der Waals surface area contributed by atoms with Crippen molar-refractivity contribution in [2.24, 2.45) is 5.41 Å². The fraction of sp³-hybridized carbons (Fsp3) is 0.106. The van der Waals surface area contributed by atoms with Crippen molar-refractivity contribution in [2.45, 2.75) is 27.3 Å². The number of nitro benzene ring substituents is 2. The molecule has 1 aromatic heterocycles. The predicted molar refractivity (Wildman–Crippen MR) is 231 cm³/mol. The van der Waals surface area contributed by atoms with Gasteiger partial charge in [-0.3, -0.25) is 20.2 Å². The van der Waals surface area contributed by atoms with Crippen LogP contribution in [0.4, 0.5) is 45.5 Å². The van der Waals surface area contributed by atoms with E-state index < -0.39 is 21.2 Å². The topological polar surface area (TPSA) is 123 Å². The van der Waals surface area contributed by atoms with Gasteiger partial charge >= 0.3 is 11.4 Å². The number of hydrogen-bond donors (Lipinski definition) is 0. The molecule has 58 heavy (non-hydrogen) atoms. The first kappa shape index (κ1) is 37.3. The summed E-state index contributed by atoms with van der Waals surface area (Å²) in [7, 11) is 0. The number of rotatable bonds is 11. The Hall–Kier alpha value is -7.66. The molecule has 0 unspecified atom stereocenters. The molecule has 8 rings (SSSR count). The minimum absolute atomic E-state index is 0.0316.